The highest BCUT2D eigenvalue weighted by atomic mass is 16.3. The number of aromatic hydroxyl groups is 1. The number of hydrogen-bond acceptors (Lipinski definition) is 3. The fourth-order valence-electron chi connectivity index (χ4n) is 4.46. The Hall–Kier alpha value is -1.06. The molecule has 2 aliphatic rings. The molecule has 1 saturated carbocycles. The van der Waals surface area contributed by atoms with Crippen LogP contribution in [0.5, 0.6) is 5.75 Å². The van der Waals surface area contributed by atoms with Crippen LogP contribution >= 0.6 is 0 Å². The first-order valence-corrected chi connectivity index (χ1v) is 8.45. The van der Waals surface area contributed by atoms with Crippen molar-refractivity contribution in [1.29, 1.82) is 0 Å². The van der Waals surface area contributed by atoms with Crippen molar-refractivity contribution in [3.05, 3.63) is 29.8 Å². The van der Waals surface area contributed by atoms with Crippen molar-refractivity contribution in [2.24, 2.45) is 0 Å². The summed E-state index contributed by atoms with van der Waals surface area (Å²) in [6.07, 6.45) is 9.16. The van der Waals surface area contributed by atoms with E-state index in [-0.39, 0.29) is 0 Å². The van der Waals surface area contributed by atoms with Gasteiger partial charge in [0.2, 0.25) is 0 Å². The van der Waals surface area contributed by atoms with Gasteiger partial charge in [-0.1, -0.05) is 25.0 Å². The Balaban J connectivity index is 1.80. The second kappa shape index (κ2) is 6.37. The van der Waals surface area contributed by atoms with Crippen molar-refractivity contribution in [3.8, 4) is 5.75 Å². The molecule has 0 spiro atoms. The SMILES string of the molecule is CNC(Cc1ccc(O)cc1)C1(N2CCCC2)CCCC1. The second-order valence-electron chi connectivity index (χ2n) is 6.72. The fourth-order valence-corrected chi connectivity index (χ4v) is 4.46. The Morgan fingerprint density at radius 1 is 1.10 bits per heavy atom. The fraction of sp³-hybridized carbons (Fsp3) is 0.667. The van der Waals surface area contributed by atoms with Gasteiger partial charge in [0.1, 0.15) is 5.75 Å². The Labute approximate surface area is 128 Å². The Morgan fingerprint density at radius 3 is 2.29 bits per heavy atom. The summed E-state index contributed by atoms with van der Waals surface area (Å²) in [5.41, 5.74) is 1.67. The monoisotopic (exact) mass is 288 g/mol. The normalized spacial score (nSPS) is 23.5. The predicted molar refractivity (Wildman–Crippen MR) is 86.7 cm³/mol. The molecule has 21 heavy (non-hydrogen) atoms. The maximum absolute atomic E-state index is 9.46. The molecule has 3 rings (SSSR count). The van der Waals surface area contributed by atoms with Crippen molar-refractivity contribution in [3.63, 3.8) is 0 Å². The lowest BCUT2D eigenvalue weighted by Gasteiger charge is -2.45. The standard InChI is InChI=1S/C18H28N2O/c1-19-17(14-15-6-8-16(21)9-7-15)18(10-2-3-11-18)20-12-4-5-13-20/h6-9,17,19,21H,2-5,10-14H2,1H3. The molecule has 0 bridgehead atoms. The van der Waals surface area contributed by atoms with Gasteiger partial charge in [0.05, 0.1) is 0 Å². The van der Waals surface area contributed by atoms with Gasteiger partial charge < -0.3 is 10.4 Å². The Kier molecular flexibility index (Phi) is 4.51. The highest BCUT2D eigenvalue weighted by molar-refractivity contribution is 5.27. The van der Waals surface area contributed by atoms with Gasteiger partial charge in [0, 0.05) is 11.6 Å². The third-order valence-corrected chi connectivity index (χ3v) is 5.58. The van der Waals surface area contributed by atoms with E-state index in [2.05, 4.69) is 29.4 Å². The molecule has 1 atom stereocenters. The number of phenolic OH excluding ortho intramolecular Hbond substituents is 1. The molecule has 0 radical (unpaired) electrons. The van der Waals surface area contributed by atoms with E-state index in [9.17, 15) is 5.11 Å². The molecule has 2 N–H and O–H groups in total. The molecular weight excluding hydrogens is 260 g/mol. The molecule has 1 aromatic rings. The average Bonchev–Trinajstić information content (AvgIpc) is 3.18. The highest BCUT2D eigenvalue weighted by Crippen LogP contribution is 2.41. The number of nitrogens with zero attached hydrogens (tertiary/aromatic N) is 1. The number of benzene rings is 1. The average molecular weight is 288 g/mol. The van der Waals surface area contributed by atoms with E-state index in [1.54, 1.807) is 12.1 Å². The van der Waals surface area contributed by atoms with Crippen LogP contribution in [0.4, 0.5) is 0 Å². The van der Waals surface area contributed by atoms with Crippen LogP contribution in [0.15, 0.2) is 24.3 Å². The lowest BCUT2D eigenvalue weighted by Crippen LogP contribution is -2.59. The minimum atomic E-state index is 0.350. The summed E-state index contributed by atoms with van der Waals surface area (Å²) in [6.45, 7) is 2.54. The van der Waals surface area contributed by atoms with E-state index >= 15 is 0 Å². The number of likely N-dealkylation sites (N-methyl/N-ethyl adjacent to an activating group) is 1. The van der Waals surface area contributed by atoms with Gasteiger partial charge in [-0.05, 0) is 69.9 Å². The lowest BCUT2D eigenvalue weighted by atomic mass is 9.82. The molecule has 0 amide bonds. The van der Waals surface area contributed by atoms with E-state index in [1.807, 2.05) is 0 Å². The molecular formula is C18H28N2O. The number of phenols is 1. The molecule has 1 saturated heterocycles. The van der Waals surface area contributed by atoms with Crippen LogP contribution < -0.4 is 5.32 Å². The summed E-state index contributed by atoms with van der Waals surface area (Å²) in [6, 6.07) is 8.24. The van der Waals surface area contributed by atoms with Crippen molar-refractivity contribution < 1.29 is 5.11 Å². The van der Waals surface area contributed by atoms with E-state index in [4.69, 9.17) is 0 Å². The molecule has 116 valence electrons. The molecule has 3 heteroatoms. The lowest BCUT2D eigenvalue weighted by molar-refractivity contribution is 0.0798. The van der Waals surface area contributed by atoms with Crippen molar-refractivity contribution in [2.75, 3.05) is 20.1 Å². The van der Waals surface area contributed by atoms with Crippen LogP contribution in [0.1, 0.15) is 44.1 Å². The summed E-state index contributed by atoms with van der Waals surface area (Å²) in [5.74, 6) is 0.356. The first-order valence-electron chi connectivity index (χ1n) is 8.45. The van der Waals surface area contributed by atoms with Gasteiger partial charge in [-0.2, -0.15) is 0 Å². The molecule has 1 aliphatic carbocycles. The zero-order valence-electron chi connectivity index (χ0n) is 13.1. The van der Waals surface area contributed by atoms with E-state index in [0.717, 1.165) is 6.42 Å². The quantitative estimate of drug-likeness (QED) is 0.874. The van der Waals surface area contributed by atoms with Crippen molar-refractivity contribution >= 4 is 0 Å². The molecule has 2 fully saturated rings. The van der Waals surface area contributed by atoms with Crippen LogP contribution in [0, 0.1) is 0 Å². The molecule has 0 aromatic heterocycles. The summed E-state index contributed by atoms with van der Waals surface area (Å²) in [7, 11) is 2.11. The van der Waals surface area contributed by atoms with Crippen LogP contribution in [0.3, 0.4) is 0 Å². The van der Waals surface area contributed by atoms with Gasteiger partial charge in [-0.25, -0.2) is 0 Å². The number of rotatable bonds is 5. The maximum atomic E-state index is 9.46. The molecule has 1 unspecified atom stereocenters. The number of hydrogen-bond donors (Lipinski definition) is 2. The summed E-state index contributed by atoms with van der Waals surface area (Å²) < 4.78 is 0. The first kappa shape index (κ1) is 14.9. The third-order valence-electron chi connectivity index (χ3n) is 5.58. The Bertz CT molecular complexity index is 445. The zero-order valence-corrected chi connectivity index (χ0v) is 13.1. The zero-order chi connectivity index (χ0) is 14.7. The Morgan fingerprint density at radius 2 is 1.71 bits per heavy atom. The minimum Gasteiger partial charge on any atom is -0.508 e. The highest BCUT2D eigenvalue weighted by Gasteiger charge is 2.45. The van der Waals surface area contributed by atoms with Gasteiger partial charge in [-0.15, -0.1) is 0 Å². The van der Waals surface area contributed by atoms with Crippen LogP contribution in [-0.4, -0.2) is 41.7 Å². The third kappa shape index (κ3) is 2.95. The molecule has 1 aromatic carbocycles. The van der Waals surface area contributed by atoms with E-state index in [1.165, 1.54) is 57.2 Å². The summed E-state index contributed by atoms with van der Waals surface area (Å²) in [5, 5.41) is 13.1. The maximum Gasteiger partial charge on any atom is 0.115 e. The predicted octanol–water partition coefficient (Wildman–Crippen LogP) is 2.93. The number of nitrogens with one attached hydrogen (secondary N) is 1. The van der Waals surface area contributed by atoms with Gasteiger partial charge in [-0.3, -0.25) is 4.90 Å². The van der Waals surface area contributed by atoms with Crippen molar-refractivity contribution in [1.82, 2.24) is 10.2 Å². The molecule has 1 aliphatic heterocycles. The van der Waals surface area contributed by atoms with Crippen molar-refractivity contribution in [2.45, 2.75) is 56.5 Å². The topological polar surface area (TPSA) is 35.5 Å². The minimum absolute atomic E-state index is 0.350. The smallest absolute Gasteiger partial charge is 0.115 e. The van der Waals surface area contributed by atoms with Gasteiger partial charge in [0.15, 0.2) is 0 Å². The van der Waals surface area contributed by atoms with E-state index < -0.39 is 0 Å². The van der Waals surface area contributed by atoms with Crippen LogP contribution in [-0.2, 0) is 6.42 Å². The molecule has 3 nitrogen and oxygen atoms in total. The molecule has 1 heterocycles. The van der Waals surface area contributed by atoms with Gasteiger partial charge in [0.25, 0.3) is 0 Å². The van der Waals surface area contributed by atoms with Gasteiger partial charge >= 0.3 is 0 Å². The summed E-state index contributed by atoms with van der Waals surface area (Å²) in [4.78, 5) is 2.77. The second-order valence-corrected chi connectivity index (χ2v) is 6.72. The first-order chi connectivity index (χ1) is 10.2. The summed E-state index contributed by atoms with van der Waals surface area (Å²) >= 11 is 0. The largest absolute Gasteiger partial charge is 0.508 e. The van der Waals surface area contributed by atoms with E-state index in [0.29, 0.717) is 17.3 Å². The number of likely N-dealkylation sites (tertiary alicyclic amines) is 1. The van der Waals surface area contributed by atoms with Crippen LogP contribution in [0.25, 0.3) is 0 Å². The van der Waals surface area contributed by atoms with Crippen LogP contribution in [0.2, 0.25) is 0 Å².